The zero-order valence-electron chi connectivity index (χ0n) is 15.5. The summed E-state index contributed by atoms with van der Waals surface area (Å²) < 4.78 is 0. The first-order valence-electron chi connectivity index (χ1n) is 9.12. The highest BCUT2D eigenvalue weighted by molar-refractivity contribution is 6.30. The third-order valence-corrected chi connectivity index (χ3v) is 5.20. The van der Waals surface area contributed by atoms with Gasteiger partial charge in [-0.1, -0.05) is 29.8 Å². The summed E-state index contributed by atoms with van der Waals surface area (Å²) >= 11 is 6.00. The molecule has 1 aliphatic rings. The Kier molecular flexibility index (Phi) is 4.94. The van der Waals surface area contributed by atoms with E-state index in [-0.39, 0.29) is 6.04 Å². The maximum absolute atomic E-state index is 6.00. The molecule has 0 fully saturated rings. The Balaban J connectivity index is 1.57. The van der Waals surface area contributed by atoms with E-state index in [9.17, 15) is 0 Å². The number of benzene rings is 1. The van der Waals surface area contributed by atoms with Crippen LogP contribution in [-0.2, 0) is 13.0 Å². The first kappa shape index (κ1) is 17.7. The summed E-state index contributed by atoms with van der Waals surface area (Å²) in [5, 5.41) is 4.29. The Morgan fingerprint density at radius 2 is 1.89 bits per heavy atom. The molecule has 1 aromatic carbocycles. The van der Waals surface area contributed by atoms with Gasteiger partial charge in [-0.2, -0.15) is 0 Å². The van der Waals surface area contributed by atoms with Crippen LogP contribution < -0.4 is 10.2 Å². The van der Waals surface area contributed by atoms with Crippen LogP contribution in [0.5, 0.6) is 0 Å². The molecule has 0 saturated carbocycles. The van der Waals surface area contributed by atoms with Gasteiger partial charge in [0.05, 0.1) is 5.69 Å². The number of aromatic nitrogens is 3. The first-order valence-corrected chi connectivity index (χ1v) is 9.50. The Hall–Kier alpha value is -2.66. The van der Waals surface area contributed by atoms with Gasteiger partial charge in [-0.3, -0.25) is 0 Å². The van der Waals surface area contributed by atoms with Crippen LogP contribution in [0.15, 0.2) is 48.9 Å². The van der Waals surface area contributed by atoms with E-state index < -0.39 is 0 Å². The standard InChI is InChI=1S/C21H22ClN5/c1-14-3-8-20(23-11-14)27-10-9-19-18(12-27)21(25-13-24-19)26-15(2)16-4-6-17(22)7-5-16/h3-8,11,13,15H,9-10,12H2,1-2H3,(H,24,25,26)/t15-/m1/s1. The lowest BCUT2D eigenvalue weighted by molar-refractivity contribution is 0.694. The number of fused-ring (bicyclic) bond motifs is 1. The van der Waals surface area contributed by atoms with Crippen LogP contribution in [0.2, 0.25) is 5.02 Å². The van der Waals surface area contributed by atoms with E-state index in [1.54, 1.807) is 6.33 Å². The Morgan fingerprint density at radius 1 is 1.07 bits per heavy atom. The lowest BCUT2D eigenvalue weighted by atomic mass is 10.0. The van der Waals surface area contributed by atoms with Gasteiger partial charge in [0.2, 0.25) is 0 Å². The van der Waals surface area contributed by atoms with Crippen molar-refractivity contribution in [3.05, 3.63) is 76.3 Å². The predicted octanol–water partition coefficient (Wildman–Crippen LogP) is 4.57. The van der Waals surface area contributed by atoms with Gasteiger partial charge in [0.25, 0.3) is 0 Å². The molecule has 1 N–H and O–H groups in total. The van der Waals surface area contributed by atoms with Gasteiger partial charge in [-0.25, -0.2) is 15.0 Å². The van der Waals surface area contributed by atoms with Crippen molar-refractivity contribution in [2.24, 2.45) is 0 Å². The number of pyridine rings is 1. The van der Waals surface area contributed by atoms with Crippen molar-refractivity contribution in [3.8, 4) is 0 Å². The second-order valence-electron chi connectivity index (χ2n) is 6.93. The molecule has 27 heavy (non-hydrogen) atoms. The van der Waals surface area contributed by atoms with Crippen molar-refractivity contribution in [2.45, 2.75) is 32.9 Å². The topological polar surface area (TPSA) is 53.9 Å². The van der Waals surface area contributed by atoms with Crippen LogP contribution in [0.25, 0.3) is 0 Å². The molecule has 0 unspecified atom stereocenters. The van der Waals surface area contributed by atoms with E-state index in [0.29, 0.717) is 0 Å². The minimum absolute atomic E-state index is 0.120. The highest BCUT2D eigenvalue weighted by Crippen LogP contribution is 2.28. The van der Waals surface area contributed by atoms with Gasteiger partial charge < -0.3 is 10.2 Å². The average Bonchev–Trinajstić information content (AvgIpc) is 2.69. The molecule has 4 rings (SSSR count). The SMILES string of the molecule is Cc1ccc(N2CCc3ncnc(N[C@H](C)c4ccc(Cl)cc4)c3C2)nc1. The number of anilines is 2. The number of rotatable bonds is 4. The fourth-order valence-corrected chi connectivity index (χ4v) is 3.47. The fraction of sp³-hybridized carbons (Fsp3) is 0.286. The van der Waals surface area contributed by atoms with E-state index in [4.69, 9.17) is 11.6 Å². The summed E-state index contributed by atoms with van der Waals surface area (Å²) in [5.74, 6) is 1.88. The molecule has 1 atom stereocenters. The number of aryl methyl sites for hydroxylation is 1. The second kappa shape index (κ2) is 7.53. The maximum atomic E-state index is 6.00. The van der Waals surface area contributed by atoms with Crippen LogP contribution in [-0.4, -0.2) is 21.5 Å². The third-order valence-electron chi connectivity index (χ3n) is 4.95. The molecule has 0 radical (unpaired) electrons. The zero-order valence-corrected chi connectivity index (χ0v) is 16.2. The average molecular weight is 380 g/mol. The van der Waals surface area contributed by atoms with Gasteiger partial charge in [0.15, 0.2) is 0 Å². The zero-order chi connectivity index (χ0) is 18.8. The molecule has 3 aromatic rings. The smallest absolute Gasteiger partial charge is 0.135 e. The van der Waals surface area contributed by atoms with Crippen molar-refractivity contribution >= 4 is 23.2 Å². The molecular weight excluding hydrogens is 358 g/mol. The maximum Gasteiger partial charge on any atom is 0.135 e. The van der Waals surface area contributed by atoms with Gasteiger partial charge in [-0.05, 0) is 43.2 Å². The Bertz CT molecular complexity index is 924. The molecule has 5 nitrogen and oxygen atoms in total. The second-order valence-corrected chi connectivity index (χ2v) is 7.37. The molecule has 6 heteroatoms. The molecule has 3 heterocycles. The minimum atomic E-state index is 0.120. The van der Waals surface area contributed by atoms with Crippen molar-refractivity contribution in [1.82, 2.24) is 15.0 Å². The number of hydrogen-bond donors (Lipinski definition) is 1. The molecule has 0 saturated heterocycles. The third kappa shape index (κ3) is 3.88. The van der Waals surface area contributed by atoms with Crippen LogP contribution in [0.4, 0.5) is 11.6 Å². The lowest BCUT2D eigenvalue weighted by Gasteiger charge is -2.30. The Morgan fingerprint density at radius 3 is 2.63 bits per heavy atom. The lowest BCUT2D eigenvalue weighted by Crippen LogP contribution is -2.32. The van der Waals surface area contributed by atoms with Gasteiger partial charge >= 0.3 is 0 Å². The first-order chi connectivity index (χ1) is 13.1. The van der Waals surface area contributed by atoms with Crippen molar-refractivity contribution < 1.29 is 0 Å². The van der Waals surface area contributed by atoms with E-state index in [0.717, 1.165) is 47.4 Å². The molecule has 2 aromatic heterocycles. The summed E-state index contributed by atoms with van der Waals surface area (Å²) in [6.07, 6.45) is 4.45. The molecule has 0 spiro atoms. The quantitative estimate of drug-likeness (QED) is 0.719. The van der Waals surface area contributed by atoms with Crippen molar-refractivity contribution in [3.63, 3.8) is 0 Å². The molecule has 0 amide bonds. The van der Waals surface area contributed by atoms with Gasteiger partial charge in [0, 0.05) is 42.3 Å². The van der Waals surface area contributed by atoms with E-state index in [1.165, 1.54) is 11.1 Å². The molecule has 1 aliphatic heterocycles. The summed E-state index contributed by atoms with van der Waals surface area (Å²) in [6.45, 7) is 5.84. The fourth-order valence-electron chi connectivity index (χ4n) is 3.35. The summed E-state index contributed by atoms with van der Waals surface area (Å²) in [7, 11) is 0. The molecular formula is C21H22ClN5. The van der Waals surface area contributed by atoms with Crippen molar-refractivity contribution in [2.75, 3.05) is 16.8 Å². The monoisotopic (exact) mass is 379 g/mol. The summed E-state index contributed by atoms with van der Waals surface area (Å²) in [5.41, 5.74) is 4.59. The number of halogens is 1. The summed E-state index contributed by atoms with van der Waals surface area (Å²) in [4.78, 5) is 15.9. The molecule has 138 valence electrons. The Labute approximate surface area is 164 Å². The van der Waals surface area contributed by atoms with Gasteiger partial charge in [0.1, 0.15) is 18.0 Å². The van der Waals surface area contributed by atoms with Crippen LogP contribution in [0.1, 0.15) is 35.3 Å². The number of hydrogen-bond acceptors (Lipinski definition) is 5. The number of nitrogens with zero attached hydrogens (tertiary/aromatic N) is 4. The van der Waals surface area contributed by atoms with Crippen LogP contribution >= 0.6 is 11.6 Å². The van der Waals surface area contributed by atoms with E-state index in [1.807, 2.05) is 30.5 Å². The largest absolute Gasteiger partial charge is 0.363 e. The highest BCUT2D eigenvalue weighted by Gasteiger charge is 2.22. The summed E-state index contributed by atoms with van der Waals surface area (Å²) in [6, 6.07) is 12.2. The van der Waals surface area contributed by atoms with Crippen LogP contribution in [0, 0.1) is 6.92 Å². The normalized spacial score (nSPS) is 14.6. The molecule has 0 bridgehead atoms. The van der Waals surface area contributed by atoms with E-state index in [2.05, 4.69) is 51.1 Å². The van der Waals surface area contributed by atoms with Crippen molar-refractivity contribution in [1.29, 1.82) is 0 Å². The molecule has 0 aliphatic carbocycles. The number of nitrogens with one attached hydrogen (secondary N) is 1. The predicted molar refractivity (Wildman–Crippen MR) is 109 cm³/mol. The highest BCUT2D eigenvalue weighted by atomic mass is 35.5. The van der Waals surface area contributed by atoms with Crippen LogP contribution in [0.3, 0.4) is 0 Å². The minimum Gasteiger partial charge on any atom is -0.363 e. The van der Waals surface area contributed by atoms with E-state index >= 15 is 0 Å². The van der Waals surface area contributed by atoms with Gasteiger partial charge in [-0.15, -0.1) is 0 Å².